The largest absolute Gasteiger partial charge is 0.337 e. The van der Waals surface area contributed by atoms with Gasteiger partial charge in [-0.1, -0.05) is 54.6 Å². The Morgan fingerprint density at radius 1 is 1.14 bits per heavy atom. The summed E-state index contributed by atoms with van der Waals surface area (Å²) < 4.78 is 2.17. The van der Waals surface area contributed by atoms with E-state index in [0.29, 0.717) is 12.0 Å². The summed E-state index contributed by atoms with van der Waals surface area (Å²) in [6.45, 7) is 3.39. The number of carbonyl (C=O) groups is 1. The Morgan fingerprint density at radius 3 is 2.68 bits per heavy atom. The van der Waals surface area contributed by atoms with Crippen LogP contribution in [0.25, 0.3) is 0 Å². The van der Waals surface area contributed by atoms with Gasteiger partial charge in [-0.05, 0) is 37.3 Å². The predicted octanol–water partition coefficient (Wildman–Crippen LogP) is 4.36. The van der Waals surface area contributed by atoms with Crippen molar-refractivity contribution in [2.75, 3.05) is 0 Å². The van der Waals surface area contributed by atoms with Crippen LogP contribution in [-0.2, 0) is 19.5 Å². The van der Waals surface area contributed by atoms with Gasteiger partial charge in [0.05, 0.1) is 12.0 Å². The topological polar surface area (TPSA) is 46.9 Å². The number of ketones is 1. The smallest absolute Gasteiger partial charge is 0.159 e. The van der Waals surface area contributed by atoms with Crippen molar-refractivity contribution in [2.24, 2.45) is 0 Å². The fraction of sp³-hybridized carbons (Fsp3) is 0.333. The van der Waals surface area contributed by atoms with Crippen molar-refractivity contribution in [1.29, 1.82) is 0 Å². The number of nitrogens with one attached hydrogen (secondary N) is 1. The van der Waals surface area contributed by atoms with Crippen LogP contribution in [0.1, 0.15) is 52.9 Å². The molecule has 4 rings (SSSR count). The molecular weight excluding hydrogens is 346 g/mol. The van der Waals surface area contributed by atoms with Crippen molar-refractivity contribution in [3.63, 3.8) is 0 Å². The highest BCUT2D eigenvalue weighted by atomic mass is 16.1. The van der Waals surface area contributed by atoms with Crippen LogP contribution in [0.5, 0.6) is 0 Å². The van der Waals surface area contributed by atoms with Crippen molar-refractivity contribution < 1.29 is 4.79 Å². The molecule has 2 unspecified atom stereocenters. The maximum Gasteiger partial charge on any atom is 0.159 e. The van der Waals surface area contributed by atoms with E-state index in [1.54, 1.807) is 6.92 Å². The molecule has 1 saturated carbocycles. The second-order valence-electron chi connectivity index (χ2n) is 7.70. The third-order valence-electron chi connectivity index (χ3n) is 5.49. The molecule has 3 aromatic rings. The summed E-state index contributed by atoms with van der Waals surface area (Å²) in [5.41, 5.74) is 4.58. The molecule has 0 saturated heterocycles. The molecule has 1 N–H and O–H groups in total. The number of hydrogen-bond donors (Lipinski definition) is 1. The van der Waals surface area contributed by atoms with E-state index < -0.39 is 0 Å². The minimum absolute atomic E-state index is 0.118. The van der Waals surface area contributed by atoms with Gasteiger partial charge in [0, 0.05) is 36.8 Å². The van der Waals surface area contributed by atoms with Crippen molar-refractivity contribution in [2.45, 2.75) is 51.2 Å². The van der Waals surface area contributed by atoms with E-state index in [-0.39, 0.29) is 5.78 Å². The lowest BCUT2D eigenvalue weighted by atomic mass is 10.1. The highest BCUT2D eigenvalue weighted by molar-refractivity contribution is 5.93. The van der Waals surface area contributed by atoms with Gasteiger partial charge in [0.15, 0.2) is 5.78 Å². The molecule has 2 aromatic carbocycles. The minimum atomic E-state index is 0.118. The summed E-state index contributed by atoms with van der Waals surface area (Å²) in [6, 6.07) is 19.3. The number of imidazole rings is 1. The Kier molecular flexibility index (Phi) is 5.68. The number of carbonyl (C=O) groups excluding carboxylic acids is 1. The highest BCUT2D eigenvalue weighted by Crippen LogP contribution is 2.40. The first-order chi connectivity index (χ1) is 13.7. The SMILES string of the molecule is CC(=O)c1ccc(CCCn2cnc(CNC3CC3c3ccccc3)c2)cc1. The fourth-order valence-electron chi connectivity index (χ4n) is 3.72. The van der Waals surface area contributed by atoms with Crippen molar-refractivity contribution in [3.05, 3.63) is 89.5 Å². The molecule has 2 atom stereocenters. The van der Waals surface area contributed by atoms with Gasteiger partial charge in [0.1, 0.15) is 0 Å². The zero-order chi connectivity index (χ0) is 19.3. The zero-order valence-electron chi connectivity index (χ0n) is 16.3. The second kappa shape index (κ2) is 8.53. The number of aryl methyl sites for hydroxylation is 2. The molecule has 0 radical (unpaired) electrons. The van der Waals surface area contributed by atoms with Gasteiger partial charge in [-0.15, -0.1) is 0 Å². The van der Waals surface area contributed by atoms with Crippen molar-refractivity contribution in [3.8, 4) is 0 Å². The second-order valence-corrected chi connectivity index (χ2v) is 7.70. The molecule has 1 aliphatic rings. The minimum Gasteiger partial charge on any atom is -0.337 e. The van der Waals surface area contributed by atoms with Crippen LogP contribution in [0, 0.1) is 0 Å². The Balaban J connectivity index is 1.19. The Morgan fingerprint density at radius 2 is 1.93 bits per heavy atom. The summed E-state index contributed by atoms with van der Waals surface area (Å²) in [4.78, 5) is 15.9. The van der Waals surface area contributed by atoms with Crippen LogP contribution >= 0.6 is 0 Å². The van der Waals surface area contributed by atoms with E-state index in [9.17, 15) is 4.79 Å². The Bertz CT molecular complexity index is 915. The van der Waals surface area contributed by atoms with Crippen LogP contribution in [0.15, 0.2) is 67.1 Å². The van der Waals surface area contributed by atoms with Crippen LogP contribution in [0.4, 0.5) is 0 Å². The molecule has 1 heterocycles. The van der Waals surface area contributed by atoms with E-state index in [2.05, 4.69) is 63.5 Å². The standard InChI is InChI=1S/C24H27N3O/c1-18(28)20-11-9-19(10-12-20)6-5-13-27-16-22(26-17-27)15-25-24-14-23(24)21-7-3-2-4-8-21/h2-4,7-12,16-17,23-25H,5-6,13-15H2,1H3. The molecule has 0 bridgehead atoms. The van der Waals surface area contributed by atoms with Crippen molar-refractivity contribution in [1.82, 2.24) is 14.9 Å². The number of Topliss-reactive ketones (excluding diaryl/α,β-unsaturated/α-hetero) is 1. The maximum atomic E-state index is 11.3. The van der Waals surface area contributed by atoms with E-state index >= 15 is 0 Å². The molecule has 0 aliphatic heterocycles. The fourth-order valence-corrected chi connectivity index (χ4v) is 3.72. The number of hydrogen-bond acceptors (Lipinski definition) is 3. The lowest BCUT2D eigenvalue weighted by Gasteiger charge is -2.04. The summed E-state index contributed by atoms with van der Waals surface area (Å²) in [6.07, 6.45) is 7.35. The third kappa shape index (κ3) is 4.76. The number of aromatic nitrogens is 2. The Labute approximate surface area is 166 Å². The van der Waals surface area contributed by atoms with E-state index in [1.807, 2.05) is 18.5 Å². The first kappa shape index (κ1) is 18.6. The zero-order valence-corrected chi connectivity index (χ0v) is 16.3. The lowest BCUT2D eigenvalue weighted by Crippen LogP contribution is -2.17. The van der Waals surface area contributed by atoms with E-state index in [1.165, 1.54) is 17.5 Å². The quantitative estimate of drug-likeness (QED) is 0.567. The first-order valence-electron chi connectivity index (χ1n) is 10.1. The monoisotopic (exact) mass is 373 g/mol. The molecule has 1 fully saturated rings. The average Bonchev–Trinajstić information content (AvgIpc) is 3.37. The van der Waals surface area contributed by atoms with Gasteiger partial charge in [0.2, 0.25) is 0 Å². The normalized spacial score (nSPS) is 18.2. The van der Waals surface area contributed by atoms with Crippen LogP contribution < -0.4 is 5.32 Å². The molecule has 4 nitrogen and oxygen atoms in total. The van der Waals surface area contributed by atoms with Crippen LogP contribution in [-0.4, -0.2) is 21.4 Å². The van der Waals surface area contributed by atoms with Crippen LogP contribution in [0.3, 0.4) is 0 Å². The van der Waals surface area contributed by atoms with Gasteiger partial charge in [-0.2, -0.15) is 0 Å². The Hall–Kier alpha value is -2.72. The summed E-state index contributed by atoms with van der Waals surface area (Å²) >= 11 is 0. The lowest BCUT2D eigenvalue weighted by molar-refractivity contribution is 0.101. The molecule has 1 aliphatic carbocycles. The summed E-state index contributed by atoms with van der Waals surface area (Å²) in [5.74, 6) is 0.769. The molecule has 144 valence electrons. The summed E-state index contributed by atoms with van der Waals surface area (Å²) in [5, 5.41) is 3.63. The maximum absolute atomic E-state index is 11.3. The van der Waals surface area contributed by atoms with Gasteiger partial charge >= 0.3 is 0 Å². The molecular formula is C24H27N3O. The van der Waals surface area contributed by atoms with E-state index in [0.717, 1.165) is 37.2 Å². The molecule has 4 heteroatoms. The van der Waals surface area contributed by atoms with Crippen molar-refractivity contribution >= 4 is 5.78 Å². The van der Waals surface area contributed by atoms with E-state index in [4.69, 9.17) is 0 Å². The number of nitrogens with zero attached hydrogens (tertiary/aromatic N) is 2. The third-order valence-corrected chi connectivity index (χ3v) is 5.49. The average molecular weight is 374 g/mol. The highest BCUT2D eigenvalue weighted by Gasteiger charge is 2.37. The molecule has 28 heavy (non-hydrogen) atoms. The molecule has 1 aromatic heterocycles. The predicted molar refractivity (Wildman–Crippen MR) is 111 cm³/mol. The van der Waals surface area contributed by atoms with Gasteiger partial charge in [0.25, 0.3) is 0 Å². The van der Waals surface area contributed by atoms with Gasteiger partial charge in [-0.3, -0.25) is 4.79 Å². The molecule has 0 amide bonds. The van der Waals surface area contributed by atoms with Gasteiger partial charge < -0.3 is 9.88 Å². The summed E-state index contributed by atoms with van der Waals surface area (Å²) in [7, 11) is 0. The first-order valence-corrected chi connectivity index (χ1v) is 10.1. The van der Waals surface area contributed by atoms with Crippen LogP contribution in [0.2, 0.25) is 0 Å². The number of rotatable bonds is 9. The molecule has 0 spiro atoms. The van der Waals surface area contributed by atoms with Gasteiger partial charge in [-0.25, -0.2) is 4.98 Å². The number of benzene rings is 2.